The predicted octanol–water partition coefficient (Wildman–Crippen LogP) is 2.85. The molecule has 114 valence electrons. The average Bonchev–Trinajstić information content (AvgIpc) is 2.53. The average molecular weight is 278 g/mol. The van der Waals surface area contributed by atoms with Crippen molar-refractivity contribution in [3.8, 4) is 0 Å². The molecule has 20 heavy (non-hydrogen) atoms. The molecule has 4 atom stereocenters. The molecule has 3 heteroatoms. The van der Waals surface area contributed by atoms with Crippen molar-refractivity contribution < 1.29 is 4.79 Å². The van der Waals surface area contributed by atoms with Gasteiger partial charge in [0.2, 0.25) is 5.91 Å². The molecule has 0 aromatic heterocycles. The first kappa shape index (κ1) is 14.4. The number of piperidine rings is 1. The fraction of sp³-hybridized carbons (Fsp3) is 0.941. The van der Waals surface area contributed by atoms with Crippen LogP contribution in [0.2, 0.25) is 0 Å². The minimum atomic E-state index is 0.304. The zero-order valence-electron chi connectivity index (χ0n) is 12.7. The van der Waals surface area contributed by atoms with Gasteiger partial charge in [0.15, 0.2) is 0 Å². The SMILES string of the molecule is O=C(NCC1CCCCN1)C1CCC2CCCCC2C1. The second-order valence-corrected chi connectivity index (χ2v) is 7.21. The molecule has 0 aromatic carbocycles. The Morgan fingerprint density at radius 2 is 1.75 bits per heavy atom. The summed E-state index contributed by atoms with van der Waals surface area (Å²) < 4.78 is 0. The van der Waals surface area contributed by atoms with E-state index in [2.05, 4.69) is 10.6 Å². The van der Waals surface area contributed by atoms with Crippen LogP contribution in [0.15, 0.2) is 0 Å². The van der Waals surface area contributed by atoms with Crippen molar-refractivity contribution in [3.63, 3.8) is 0 Å². The highest BCUT2D eigenvalue weighted by Gasteiger charge is 2.34. The lowest BCUT2D eigenvalue weighted by molar-refractivity contribution is -0.127. The first-order chi connectivity index (χ1) is 9.83. The van der Waals surface area contributed by atoms with Crippen molar-refractivity contribution in [2.75, 3.05) is 13.1 Å². The quantitative estimate of drug-likeness (QED) is 0.833. The molecule has 3 rings (SSSR count). The van der Waals surface area contributed by atoms with Crippen LogP contribution in [0.25, 0.3) is 0 Å². The number of hydrogen-bond donors (Lipinski definition) is 2. The van der Waals surface area contributed by atoms with Crippen LogP contribution in [-0.4, -0.2) is 25.0 Å². The van der Waals surface area contributed by atoms with E-state index in [4.69, 9.17) is 0 Å². The summed E-state index contributed by atoms with van der Waals surface area (Å²) in [7, 11) is 0. The third kappa shape index (κ3) is 3.55. The summed E-state index contributed by atoms with van der Waals surface area (Å²) >= 11 is 0. The number of amides is 1. The van der Waals surface area contributed by atoms with Crippen LogP contribution in [0.5, 0.6) is 0 Å². The van der Waals surface area contributed by atoms with Gasteiger partial charge >= 0.3 is 0 Å². The Balaban J connectivity index is 1.42. The van der Waals surface area contributed by atoms with Crippen molar-refractivity contribution >= 4 is 5.91 Å². The lowest BCUT2D eigenvalue weighted by atomic mass is 9.67. The Bertz CT molecular complexity index is 325. The maximum absolute atomic E-state index is 12.4. The van der Waals surface area contributed by atoms with Crippen molar-refractivity contribution in [1.29, 1.82) is 0 Å². The molecule has 0 bridgehead atoms. The van der Waals surface area contributed by atoms with Gasteiger partial charge in [-0.2, -0.15) is 0 Å². The molecule has 1 aliphatic heterocycles. The fourth-order valence-corrected chi connectivity index (χ4v) is 4.58. The standard InChI is InChI=1S/C17H30N2O/c20-17(19-12-16-7-3-4-10-18-16)15-9-8-13-5-1-2-6-14(13)11-15/h13-16,18H,1-12H2,(H,19,20). The van der Waals surface area contributed by atoms with E-state index < -0.39 is 0 Å². The van der Waals surface area contributed by atoms with E-state index in [0.717, 1.165) is 37.8 Å². The minimum Gasteiger partial charge on any atom is -0.354 e. The Morgan fingerprint density at radius 3 is 2.55 bits per heavy atom. The number of fused-ring (bicyclic) bond motifs is 1. The molecule has 4 unspecified atom stereocenters. The van der Waals surface area contributed by atoms with E-state index in [-0.39, 0.29) is 0 Å². The highest BCUT2D eigenvalue weighted by molar-refractivity contribution is 5.78. The number of carbonyl (C=O) groups excluding carboxylic acids is 1. The second kappa shape index (κ2) is 6.93. The summed E-state index contributed by atoms with van der Waals surface area (Å²) in [5.74, 6) is 2.42. The van der Waals surface area contributed by atoms with Crippen LogP contribution in [0.3, 0.4) is 0 Å². The monoisotopic (exact) mass is 278 g/mol. The summed E-state index contributed by atoms with van der Waals surface area (Å²) in [5, 5.41) is 6.72. The topological polar surface area (TPSA) is 41.1 Å². The molecule has 0 radical (unpaired) electrons. The summed E-state index contributed by atoms with van der Waals surface area (Å²) in [6, 6.07) is 0.513. The minimum absolute atomic E-state index is 0.304. The van der Waals surface area contributed by atoms with Gasteiger partial charge < -0.3 is 10.6 Å². The molecule has 3 fully saturated rings. The van der Waals surface area contributed by atoms with Crippen molar-refractivity contribution in [2.45, 2.75) is 70.3 Å². The van der Waals surface area contributed by atoms with E-state index in [1.54, 1.807) is 0 Å². The van der Waals surface area contributed by atoms with Crippen LogP contribution in [0.4, 0.5) is 0 Å². The van der Waals surface area contributed by atoms with Gasteiger partial charge in [0.1, 0.15) is 0 Å². The van der Waals surface area contributed by atoms with Gasteiger partial charge in [0.05, 0.1) is 0 Å². The summed E-state index contributed by atoms with van der Waals surface area (Å²) in [6.07, 6.45) is 13.0. The van der Waals surface area contributed by atoms with E-state index in [9.17, 15) is 4.79 Å². The number of carbonyl (C=O) groups is 1. The van der Waals surface area contributed by atoms with Gasteiger partial charge in [-0.05, 0) is 50.5 Å². The zero-order chi connectivity index (χ0) is 13.8. The maximum Gasteiger partial charge on any atom is 0.223 e. The normalized spacial score (nSPS) is 38.0. The van der Waals surface area contributed by atoms with Crippen LogP contribution >= 0.6 is 0 Å². The van der Waals surface area contributed by atoms with E-state index in [1.165, 1.54) is 51.4 Å². The highest BCUT2D eigenvalue weighted by atomic mass is 16.1. The molecule has 1 saturated heterocycles. The molecule has 1 heterocycles. The van der Waals surface area contributed by atoms with Crippen LogP contribution < -0.4 is 10.6 Å². The lowest BCUT2D eigenvalue weighted by Gasteiger charge is -2.38. The highest BCUT2D eigenvalue weighted by Crippen LogP contribution is 2.42. The maximum atomic E-state index is 12.4. The van der Waals surface area contributed by atoms with E-state index in [0.29, 0.717) is 17.9 Å². The van der Waals surface area contributed by atoms with Crippen molar-refractivity contribution in [1.82, 2.24) is 10.6 Å². The van der Waals surface area contributed by atoms with Crippen molar-refractivity contribution in [2.24, 2.45) is 17.8 Å². The fourth-order valence-electron chi connectivity index (χ4n) is 4.58. The van der Waals surface area contributed by atoms with Gasteiger partial charge in [-0.15, -0.1) is 0 Å². The molecule has 2 aliphatic carbocycles. The molecule has 0 spiro atoms. The molecule has 1 amide bonds. The Hall–Kier alpha value is -0.570. The largest absolute Gasteiger partial charge is 0.354 e. The molecule has 2 N–H and O–H groups in total. The Labute approximate surface area is 123 Å². The van der Waals surface area contributed by atoms with Gasteiger partial charge in [0, 0.05) is 18.5 Å². The molecule has 3 aliphatic rings. The number of hydrogen-bond acceptors (Lipinski definition) is 2. The van der Waals surface area contributed by atoms with E-state index in [1.807, 2.05) is 0 Å². The summed E-state index contributed by atoms with van der Waals surface area (Å²) in [4.78, 5) is 12.4. The lowest BCUT2D eigenvalue weighted by Crippen LogP contribution is -2.45. The first-order valence-corrected chi connectivity index (χ1v) is 8.84. The number of rotatable bonds is 3. The van der Waals surface area contributed by atoms with Gasteiger partial charge in [-0.1, -0.05) is 32.1 Å². The molecule has 3 nitrogen and oxygen atoms in total. The summed E-state index contributed by atoms with van der Waals surface area (Å²) in [5.41, 5.74) is 0. The van der Waals surface area contributed by atoms with E-state index >= 15 is 0 Å². The molecular formula is C17H30N2O. The Kier molecular flexibility index (Phi) is 4.98. The Morgan fingerprint density at radius 1 is 0.950 bits per heavy atom. The van der Waals surface area contributed by atoms with Crippen LogP contribution in [0, 0.1) is 17.8 Å². The van der Waals surface area contributed by atoms with Gasteiger partial charge in [0.25, 0.3) is 0 Å². The third-order valence-corrected chi connectivity index (χ3v) is 5.85. The van der Waals surface area contributed by atoms with Gasteiger partial charge in [-0.25, -0.2) is 0 Å². The predicted molar refractivity (Wildman–Crippen MR) is 81.4 cm³/mol. The zero-order valence-corrected chi connectivity index (χ0v) is 12.7. The molecule has 2 saturated carbocycles. The smallest absolute Gasteiger partial charge is 0.223 e. The van der Waals surface area contributed by atoms with Gasteiger partial charge in [-0.3, -0.25) is 4.79 Å². The molecule has 0 aromatic rings. The van der Waals surface area contributed by atoms with Crippen LogP contribution in [-0.2, 0) is 4.79 Å². The third-order valence-electron chi connectivity index (χ3n) is 5.85. The van der Waals surface area contributed by atoms with Crippen molar-refractivity contribution in [3.05, 3.63) is 0 Å². The van der Waals surface area contributed by atoms with Crippen LogP contribution in [0.1, 0.15) is 64.2 Å². The first-order valence-electron chi connectivity index (χ1n) is 8.84. The summed E-state index contributed by atoms with van der Waals surface area (Å²) in [6.45, 7) is 1.96. The second-order valence-electron chi connectivity index (χ2n) is 7.21. The number of nitrogens with one attached hydrogen (secondary N) is 2. The molecular weight excluding hydrogens is 248 g/mol.